The van der Waals surface area contributed by atoms with Gasteiger partial charge in [0.05, 0.1) is 6.61 Å². The normalized spacial score (nSPS) is 12.3. The van der Waals surface area contributed by atoms with Gasteiger partial charge in [0.25, 0.3) is 0 Å². The molecule has 4 heteroatoms. The summed E-state index contributed by atoms with van der Waals surface area (Å²) in [5.74, 6) is -0.548. The fourth-order valence-corrected chi connectivity index (χ4v) is 1.47. The lowest BCUT2D eigenvalue weighted by molar-refractivity contribution is -0.138. The van der Waals surface area contributed by atoms with E-state index >= 15 is 0 Å². The van der Waals surface area contributed by atoms with Crippen LogP contribution in [0.15, 0.2) is 35.5 Å². The maximum absolute atomic E-state index is 11.7. The van der Waals surface area contributed by atoms with E-state index in [1.54, 1.807) is 0 Å². The molecule has 4 nitrogen and oxygen atoms in total. The summed E-state index contributed by atoms with van der Waals surface area (Å²) in [6.07, 6.45) is 1.01. The van der Waals surface area contributed by atoms with Gasteiger partial charge < -0.3 is 9.94 Å². The lowest BCUT2D eigenvalue weighted by Gasteiger charge is -2.17. The van der Waals surface area contributed by atoms with Crippen LogP contribution < -0.4 is 0 Å². The number of rotatable bonds is 5. The molecule has 0 aliphatic carbocycles. The number of carbonyl (C=O) groups is 1. The van der Waals surface area contributed by atoms with Crippen molar-refractivity contribution in [3.05, 3.63) is 35.9 Å². The minimum Gasteiger partial charge on any atom is -0.461 e. The minimum atomic E-state index is -0.548. The number of hydrogen-bond acceptors (Lipinski definition) is 4. The second kappa shape index (κ2) is 6.92. The number of esters is 1. The van der Waals surface area contributed by atoms with Crippen molar-refractivity contribution in [2.75, 3.05) is 6.61 Å². The van der Waals surface area contributed by atoms with E-state index in [4.69, 9.17) is 9.94 Å². The predicted octanol–water partition coefficient (Wildman–Crippen LogP) is 3.04. The third-order valence-corrected chi connectivity index (χ3v) is 2.49. The average molecular weight is 263 g/mol. The van der Waals surface area contributed by atoms with Crippen molar-refractivity contribution >= 4 is 11.7 Å². The van der Waals surface area contributed by atoms with Gasteiger partial charge in [-0.05, 0) is 17.4 Å². The largest absolute Gasteiger partial charge is 0.461 e. The van der Waals surface area contributed by atoms with E-state index in [0.717, 1.165) is 5.56 Å². The van der Waals surface area contributed by atoms with Crippen LogP contribution in [0.4, 0.5) is 0 Å². The summed E-state index contributed by atoms with van der Waals surface area (Å²) < 4.78 is 5.12. The highest BCUT2D eigenvalue weighted by atomic mass is 16.5. The van der Waals surface area contributed by atoms with Gasteiger partial charge in [-0.1, -0.05) is 56.3 Å². The number of aryl methyl sites for hydroxylation is 1. The van der Waals surface area contributed by atoms with Gasteiger partial charge in [0.2, 0.25) is 0 Å². The Morgan fingerprint density at radius 1 is 1.26 bits per heavy atom. The Kier molecular flexibility index (Phi) is 5.55. The quantitative estimate of drug-likeness (QED) is 0.384. The van der Waals surface area contributed by atoms with Crippen LogP contribution >= 0.6 is 0 Å². The third kappa shape index (κ3) is 6.04. The van der Waals surface area contributed by atoms with Crippen LogP contribution in [-0.2, 0) is 16.0 Å². The molecule has 0 saturated carbocycles. The molecule has 1 rings (SSSR count). The van der Waals surface area contributed by atoms with E-state index in [-0.39, 0.29) is 11.1 Å². The van der Waals surface area contributed by atoms with E-state index in [2.05, 4.69) is 5.16 Å². The monoisotopic (exact) mass is 263 g/mol. The molecule has 0 aliphatic rings. The smallest absolute Gasteiger partial charge is 0.356 e. The first-order chi connectivity index (χ1) is 8.92. The van der Waals surface area contributed by atoms with Crippen LogP contribution in [0, 0.1) is 5.41 Å². The van der Waals surface area contributed by atoms with Crippen molar-refractivity contribution in [3.63, 3.8) is 0 Å². The number of carbonyl (C=O) groups excluding carboxylic acids is 1. The Hall–Kier alpha value is -1.84. The summed E-state index contributed by atoms with van der Waals surface area (Å²) in [6, 6.07) is 9.74. The van der Waals surface area contributed by atoms with Crippen LogP contribution in [0.3, 0.4) is 0 Å². The Morgan fingerprint density at radius 2 is 1.89 bits per heavy atom. The second-order valence-electron chi connectivity index (χ2n) is 5.67. The molecule has 0 atom stereocenters. The summed E-state index contributed by atoms with van der Waals surface area (Å²) in [5, 5.41) is 11.9. The first-order valence-corrected chi connectivity index (χ1v) is 6.34. The molecule has 0 bridgehead atoms. The van der Waals surface area contributed by atoms with Crippen LogP contribution in [-0.4, -0.2) is 23.5 Å². The maximum atomic E-state index is 11.7. The van der Waals surface area contributed by atoms with E-state index in [0.29, 0.717) is 19.4 Å². The topological polar surface area (TPSA) is 58.9 Å². The number of nitrogens with zero attached hydrogens (tertiary/aromatic N) is 1. The van der Waals surface area contributed by atoms with E-state index in [1.807, 2.05) is 51.1 Å². The SMILES string of the molecule is CC(C)(C)COC(=O)C(CCc1ccccc1)=NO. The summed E-state index contributed by atoms with van der Waals surface area (Å²) in [5.41, 5.74) is 1.05. The van der Waals surface area contributed by atoms with Crippen molar-refractivity contribution < 1.29 is 14.7 Å². The standard InChI is InChI=1S/C15H21NO3/c1-15(2,3)11-19-14(17)13(16-18)10-9-12-7-5-4-6-8-12/h4-8,18H,9-11H2,1-3H3. The Labute approximate surface area is 114 Å². The zero-order valence-corrected chi connectivity index (χ0v) is 11.7. The number of benzene rings is 1. The molecule has 0 aromatic heterocycles. The first kappa shape index (κ1) is 15.2. The number of ether oxygens (including phenoxy) is 1. The summed E-state index contributed by atoms with van der Waals surface area (Å²) >= 11 is 0. The fourth-order valence-electron chi connectivity index (χ4n) is 1.47. The Bertz CT molecular complexity index is 432. The molecule has 0 heterocycles. The molecule has 1 N–H and O–H groups in total. The summed E-state index contributed by atoms with van der Waals surface area (Å²) in [7, 11) is 0. The van der Waals surface area contributed by atoms with Crippen LogP contribution in [0.2, 0.25) is 0 Å². The lowest BCUT2D eigenvalue weighted by Crippen LogP contribution is -2.24. The molecule has 0 spiro atoms. The van der Waals surface area contributed by atoms with E-state index in [1.165, 1.54) is 0 Å². The van der Waals surface area contributed by atoms with E-state index < -0.39 is 5.97 Å². The highest BCUT2D eigenvalue weighted by molar-refractivity contribution is 6.36. The molecule has 0 fully saturated rings. The van der Waals surface area contributed by atoms with Gasteiger partial charge in [0, 0.05) is 6.42 Å². The Balaban J connectivity index is 2.48. The van der Waals surface area contributed by atoms with Crippen molar-refractivity contribution in [1.82, 2.24) is 0 Å². The van der Waals surface area contributed by atoms with Crippen LogP contribution in [0.1, 0.15) is 32.8 Å². The highest BCUT2D eigenvalue weighted by Gasteiger charge is 2.18. The lowest BCUT2D eigenvalue weighted by atomic mass is 9.99. The molecule has 104 valence electrons. The van der Waals surface area contributed by atoms with E-state index in [9.17, 15) is 4.79 Å². The van der Waals surface area contributed by atoms with Crippen molar-refractivity contribution in [3.8, 4) is 0 Å². The molecule has 1 aromatic rings. The number of hydrogen-bond donors (Lipinski definition) is 1. The van der Waals surface area contributed by atoms with Gasteiger partial charge in [-0.3, -0.25) is 0 Å². The van der Waals surface area contributed by atoms with Gasteiger partial charge in [-0.2, -0.15) is 0 Å². The molecule has 0 unspecified atom stereocenters. The first-order valence-electron chi connectivity index (χ1n) is 6.34. The molecule has 0 saturated heterocycles. The van der Waals surface area contributed by atoms with Gasteiger partial charge >= 0.3 is 5.97 Å². The maximum Gasteiger partial charge on any atom is 0.356 e. The third-order valence-electron chi connectivity index (χ3n) is 2.49. The van der Waals surface area contributed by atoms with Crippen molar-refractivity contribution in [1.29, 1.82) is 0 Å². The molecular formula is C15H21NO3. The van der Waals surface area contributed by atoms with Crippen LogP contribution in [0.5, 0.6) is 0 Å². The zero-order valence-electron chi connectivity index (χ0n) is 11.7. The summed E-state index contributed by atoms with van der Waals surface area (Å²) in [4.78, 5) is 11.7. The summed E-state index contributed by atoms with van der Waals surface area (Å²) in [6.45, 7) is 6.22. The van der Waals surface area contributed by atoms with Gasteiger partial charge in [0.15, 0.2) is 5.71 Å². The zero-order chi connectivity index (χ0) is 14.3. The number of oxime groups is 1. The van der Waals surface area contributed by atoms with Gasteiger partial charge in [-0.15, -0.1) is 0 Å². The molecule has 0 radical (unpaired) electrons. The Morgan fingerprint density at radius 3 is 2.42 bits per heavy atom. The molecule has 1 aromatic carbocycles. The minimum absolute atomic E-state index is 0.0631. The molecule has 0 amide bonds. The van der Waals surface area contributed by atoms with Gasteiger partial charge in [-0.25, -0.2) is 4.79 Å². The van der Waals surface area contributed by atoms with Crippen molar-refractivity contribution in [2.24, 2.45) is 10.6 Å². The highest BCUT2D eigenvalue weighted by Crippen LogP contribution is 2.13. The molecule has 19 heavy (non-hydrogen) atoms. The van der Waals surface area contributed by atoms with Crippen LogP contribution in [0.25, 0.3) is 0 Å². The molecular weight excluding hydrogens is 242 g/mol. The fraction of sp³-hybridized carbons (Fsp3) is 0.467. The average Bonchev–Trinajstić information content (AvgIpc) is 2.37. The van der Waals surface area contributed by atoms with Gasteiger partial charge in [0.1, 0.15) is 0 Å². The predicted molar refractivity (Wildman–Crippen MR) is 74.4 cm³/mol. The van der Waals surface area contributed by atoms with Crippen molar-refractivity contribution in [2.45, 2.75) is 33.6 Å². The second-order valence-corrected chi connectivity index (χ2v) is 5.67. The molecule has 0 aliphatic heterocycles.